The maximum Gasteiger partial charge on any atom is 0.245 e. The Morgan fingerprint density at radius 2 is 2.44 bits per heavy atom. The molecule has 0 aliphatic carbocycles. The summed E-state index contributed by atoms with van der Waals surface area (Å²) < 4.78 is 15.2. The molecule has 0 unspecified atom stereocenters. The molecule has 3 heteroatoms. The molecule has 0 atom stereocenters. The highest BCUT2D eigenvalue weighted by molar-refractivity contribution is 4.63. The smallest absolute Gasteiger partial charge is 0.237 e. The van der Waals surface area contributed by atoms with E-state index in [9.17, 15) is 4.39 Å². The first kappa shape index (κ1) is 6.26. The summed E-state index contributed by atoms with van der Waals surface area (Å²) >= 11 is 0. The topological polar surface area (TPSA) is 8.81 Å². The molecular weight excluding hydrogens is 119 g/mol. The van der Waals surface area contributed by atoms with Gasteiger partial charge in [0.2, 0.25) is 13.1 Å². The summed E-state index contributed by atoms with van der Waals surface area (Å²) in [7, 11) is 0. The lowest BCUT2D eigenvalue weighted by Gasteiger charge is -1.83. The number of rotatable bonds is 2. The fourth-order valence-corrected chi connectivity index (χ4v) is 0.697. The Bertz CT molecular complexity index is 164. The standard InChI is InChI=1S/C6H10FN2/c1-2-8-3-4-9(5-7)6-8/h3-4,6H,2,5H2,1H3/q+1. The summed E-state index contributed by atoms with van der Waals surface area (Å²) in [6, 6.07) is 0. The fourth-order valence-electron chi connectivity index (χ4n) is 0.697. The minimum atomic E-state index is -0.438. The number of aromatic nitrogens is 2. The van der Waals surface area contributed by atoms with Gasteiger partial charge in [-0.1, -0.05) is 0 Å². The summed E-state index contributed by atoms with van der Waals surface area (Å²) in [5.41, 5.74) is 0. The molecule has 1 aromatic rings. The van der Waals surface area contributed by atoms with E-state index in [0.29, 0.717) is 0 Å². The van der Waals surface area contributed by atoms with Crippen molar-refractivity contribution in [1.82, 2.24) is 4.57 Å². The molecule has 0 bridgehead atoms. The van der Waals surface area contributed by atoms with E-state index < -0.39 is 6.80 Å². The number of nitrogens with zero attached hydrogens (tertiary/aromatic N) is 2. The van der Waals surface area contributed by atoms with Crippen LogP contribution < -0.4 is 4.57 Å². The number of imidazole rings is 1. The van der Waals surface area contributed by atoms with E-state index >= 15 is 0 Å². The number of aryl methyl sites for hydroxylation is 1. The van der Waals surface area contributed by atoms with Crippen molar-refractivity contribution in [3.05, 3.63) is 18.7 Å². The van der Waals surface area contributed by atoms with Crippen LogP contribution in [0.4, 0.5) is 4.39 Å². The molecular formula is C6H10FN2+. The SMILES string of the molecule is CCn1cc[n+](CF)c1. The molecule has 0 saturated carbocycles. The lowest BCUT2D eigenvalue weighted by atomic mass is 10.7. The number of halogens is 1. The monoisotopic (exact) mass is 129 g/mol. The summed E-state index contributed by atoms with van der Waals surface area (Å²) in [5, 5.41) is 0. The van der Waals surface area contributed by atoms with Crippen LogP contribution in [0.5, 0.6) is 0 Å². The molecule has 0 amide bonds. The van der Waals surface area contributed by atoms with Gasteiger partial charge in [0.15, 0.2) is 0 Å². The van der Waals surface area contributed by atoms with Crippen LogP contribution in [-0.4, -0.2) is 4.57 Å². The lowest BCUT2D eigenvalue weighted by Crippen LogP contribution is -2.28. The van der Waals surface area contributed by atoms with Gasteiger partial charge in [0.05, 0.1) is 6.54 Å². The molecule has 0 aliphatic heterocycles. The molecule has 0 saturated heterocycles. The second kappa shape index (κ2) is 2.62. The highest BCUT2D eigenvalue weighted by Crippen LogP contribution is 1.81. The van der Waals surface area contributed by atoms with Gasteiger partial charge in [0.1, 0.15) is 12.4 Å². The van der Waals surface area contributed by atoms with Crippen molar-refractivity contribution in [2.45, 2.75) is 20.3 Å². The van der Waals surface area contributed by atoms with Crippen molar-refractivity contribution in [2.24, 2.45) is 0 Å². The highest BCUT2D eigenvalue weighted by atomic mass is 19.1. The van der Waals surface area contributed by atoms with Crippen molar-refractivity contribution in [2.75, 3.05) is 0 Å². The van der Waals surface area contributed by atoms with Crippen LogP contribution in [0.15, 0.2) is 18.7 Å². The van der Waals surface area contributed by atoms with E-state index in [4.69, 9.17) is 0 Å². The molecule has 50 valence electrons. The Labute approximate surface area is 53.5 Å². The normalized spacial score (nSPS) is 10.0. The molecule has 1 aromatic heterocycles. The predicted octanol–water partition coefficient (Wildman–Crippen LogP) is 0.722. The van der Waals surface area contributed by atoms with Gasteiger partial charge in [0, 0.05) is 0 Å². The highest BCUT2D eigenvalue weighted by Gasteiger charge is 1.97. The van der Waals surface area contributed by atoms with E-state index in [-0.39, 0.29) is 0 Å². The molecule has 9 heavy (non-hydrogen) atoms. The third kappa shape index (κ3) is 1.28. The Morgan fingerprint density at radius 3 is 2.78 bits per heavy atom. The Morgan fingerprint density at radius 1 is 1.67 bits per heavy atom. The molecule has 0 aliphatic rings. The molecule has 0 N–H and O–H groups in total. The van der Waals surface area contributed by atoms with E-state index in [1.54, 1.807) is 12.5 Å². The van der Waals surface area contributed by atoms with Crippen molar-refractivity contribution in [1.29, 1.82) is 0 Å². The molecule has 1 rings (SSSR count). The van der Waals surface area contributed by atoms with Crippen LogP contribution in [-0.2, 0) is 13.3 Å². The van der Waals surface area contributed by atoms with Crippen molar-refractivity contribution >= 4 is 0 Å². The second-order valence-electron chi connectivity index (χ2n) is 1.88. The van der Waals surface area contributed by atoms with Crippen LogP contribution in [0.1, 0.15) is 6.92 Å². The van der Waals surface area contributed by atoms with Gasteiger partial charge in [0.25, 0.3) is 0 Å². The van der Waals surface area contributed by atoms with Crippen molar-refractivity contribution in [3.63, 3.8) is 0 Å². The molecule has 0 aromatic carbocycles. The summed E-state index contributed by atoms with van der Waals surface area (Å²) in [4.78, 5) is 0. The van der Waals surface area contributed by atoms with Crippen LogP contribution in [0.2, 0.25) is 0 Å². The third-order valence-corrected chi connectivity index (χ3v) is 1.25. The maximum absolute atomic E-state index is 11.8. The van der Waals surface area contributed by atoms with E-state index in [0.717, 1.165) is 6.54 Å². The van der Waals surface area contributed by atoms with Gasteiger partial charge in [-0.05, 0) is 6.92 Å². The van der Waals surface area contributed by atoms with Crippen LogP contribution in [0.25, 0.3) is 0 Å². The van der Waals surface area contributed by atoms with Crippen molar-refractivity contribution < 1.29 is 8.96 Å². The Hall–Kier alpha value is -0.860. The number of hydrogen-bond donors (Lipinski definition) is 0. The third-order valence-electron chi connectivity index (χ3n) is 1.25. The van der Waals surface area contributed by atoms with Crippen molar-refractivity contribution in [3.8, 4) is 0 Å². The second-order valence-corrected chi connectivity index (χ2v) is 1.88. The minimum absolute atomic E-state index is 0.438. The quantitative estimate of drug-likeness (QED) is 0.520. The van der Waals surface area contributed by atoms with E-state index in [1.165, 1.54) is 4.57 Å². The van der Waals surface area contributed by atoms with Gasteiger partial charge in [-0.15, -0.1) is 0 Å². The minimum Gasteiger partial charge on any atom is -0.237 e. The molecule has 1 heterocycles. The first-order valence-electron chi connectivity index (χ1n) is 2.97. The van der Waals surface area contributed by atoms with E-state index in [2.05, 4.69) is 0 Å². The van der Waals surface area contributed by atoms with Gasteiger partial charge < -0.3 is 0 Å². The van der Waals surface area contributed by atoms with Gasteiger partial charge >= 0.3 is 0 Å². The first-order valence-corrected chi connectivity index (χ1v) is 2.97. The van der Waals surface area contributed by atoms with Gasteiger partial charge in [-0.3, -0.25) is 0 Å². The Kier molecular flexibility index (Phi) is 1.82. The summed E-state index contributed by atoms with van der Waals surface area (Å²) in [6.07, 6.45) is 5.29. The first-order chi connectivity index (χ1) is 4.36. The number of hydrogen-bond acceptors (Lipinski definition) is 0. The fraction of sp³-hybridized carbons (Fsp3) is 0.500. The maximum atomic E-state index is 11.8. The molecule has 0 fully saturated rings. The van der Waals surface area contributed by atoms with Crippen LogP contribution >= 0.6 is 0 Å². The van der Waals surface area contributed by atoms with Gasteiger partial charge in [-0.25, -0.2) is 13.5 Å². The van der Waals surface area contributed by atoms with E-state index in [1.807, 2.05) is 17.7 Å². The summed E-state index contributed by atoms with van der Waals surface area (Å²) in [6.45, 7) is 2.47. The Balaban J connectivity index is 2.74. The average molecular weight is 129 g/mol. The molecule has 0 radical (unpaired) electrons. The predicted molar refractivity (Wildman–Crippen MR) is 31.4 cm³/mol. The van der Waals surface area contributed by atoms with Crippen LogP contribution in [0, 0.1) is 0 Å². The van der Waals surface area contributed by atoms with Crippen LogP contribution in [0.3, 0.4) is 0 Å². The zero-order valence-corrected chi connectivity index (χ0v) is 5.42. The molecule has 0 spiro atoms. The largest absolute Gasteiger partial charge is 0.245 e. The summed E-state index contributed by atoms with van der Waals surface area (Å²) in [5.74, 6) is 0. The zero-order chi connectivity index (χ0) is 6.69. The zero-order valence-electron chi connectivity index (χ0n) is 5.42. The van der Waals surface area contributed by atoms with Gasteiger partial charge in [-0.2, -0.15) is 0 Å². The molecule has 2 nitrogen and oxygen atoms in total. The average Bonchev–Trinajstić information content (AvgIpc) is 2.34. The lowest BCUT2D eigenvalue weighted by molar-refractivity contribution is -0.718. The number of alkyl halides is 1.